The lowest BCUT2D eigenvalue weighted by molar-refractivity contribution is 0.934. The van der Waals surface area contributed by atoms with Gasteiger partial charge in [-0.1, -0.05) is 84.9 Å². The van der Waals surface area contributed by atoms with Crippen molar-refractivity contribution in [1.29, 1.82) is 0 Å². The minimum Gasteiger partial charge on any atom is -0.161 e. The van der Waals surface area contributed by atoms with Crippen LogP contribution in [0.5, 0.6) is 0 Å². The van der Waals surface area contributed by atoms with Crippen LogP contribution in [0.1, 0.15) is 17.5 Å². The fraction of sp³-hybridized carbons (Fsp3) is 0.250. The van der Waals surface area contributed by atoms with Gasteiger partial charge in [0.25, 0.3) is 0 Å². The number of benzene rings is 3. The topological polar surface area (TPSA) is 0 Å². The molecule has 0 aromatic heterocycles. The Bertz CT molecular complexity index is 753. The van der Waals surface area contributed by atoms with E-state index in [4.69, 9.17) is 0 Å². The average molecular weight is 379 g/mol. The molecule has 0 saturated heterocycles. The van der Waals surface area contributed by atoms with Crippen molar-refractivity contribution in [3.05, 3.63) is 96.1 Å². The van der Waals surface area contributed by atoms with E-state index in [1.165, 1.54) is 52.4 Å². The van der Waals surface area contributed by atoms with Crippen LogP contribution in [0.25, 0.3) is 11.1 Å². The number of thioether (sulfide) groups is 2. The molecule has 0 heterocycles. The van der Waals surface area contributed by atoms with Gasteiger partial charge in [0, 0.05) is 17.3 Å². The van der Waals surface area contributed by atoms with Crippen molar-refractivity contribution in [2.75, 3.05) is 17.3 Å². The summed E-state index contributed by atoms with van der Waals surface area (Å²) < 4.78 is 0. The molecule has 3 rings (SSSR count). The third-order valence-electron chi connectivity index (χ3n) is 4.27. The molecule has 0 nitrogen and oxygen atoms in total. The Hall–Kier alpha value is -1.64. The maximum absolute atomic E-state index is 2.34. The molecule has 0 unspecified atom stereocenters. The summed E-state index contributed by atoms with van der Waals surface area (Å²) in [5.74, 6) is 4.87. The van der Waals surface area contributed by atoms with Gasteiger partial charge in [0.2, 0.25) is 0 Å². The molecule has 0 amide bonds. The van der Waals surface area contributed by atoms with Crippen LogP contribution in [0, 0.1) is 0 Å². The molecule has 0 aliphatic rings. The molecule has 3 aromatic carbocycles. The van der Waals surface area contributed by atoms with Gasteiger partial charge in [-0.05, 0) is 40.8 Å². The number of hydrogen-bond acceptors (Lipinski definition) is 2. The molecular weight excluding hydrogens is 352 g/mol. The van der Waals surface area contributed by atoms with Crippen LogP contribution in [-0.2, 0) is 12.2 Å². The summed E-state index contributed by atoms with van der Waals surface area (Å²) in [6, 6.07) is 30.4. The van der Waals surface area contributed by atoms with Gasteiger partial charge < -0.3 is 0 Å². The SMILES string of the molecule is c1ccc(CSCCSCCCc2cccc(-c3ccccc3)c2)cc1. The molecule has 0 spiro atoms. The van der Waals surface area contributed by atoms with Crippen molar-refractivity contribution in [3.8, 4) is 11.1 Å². The zero-order valence-electron chi connectivity index (χ0n) is 15.1. The Morgan fingerprint density at radius 3 is 2.00 bits per heavy atom. The van der Waals surface area contributed by atoms with Crippen molar-refractivity contribution in [1.82, 2.24) is 0 Å². The van der Waals surface area contributed by atoms with Gasteiger partial charge in [-0.2, -0.15) is 23.5 Å². The van der Waals surface area contributed by atoms with Crippen molar-refractivity contribution >= 4 is 23.5 Å². The first-order valence-corrected chi connectivity index (χ1v) is 11.6. The Balaban J connectivity index is 1.30. The molecule has 0 fully saturated rings. The van der Waals surface area contributed by atoms with E-state index in [9.17, 15) is 0 Å². The third-order valence-corrected chi connectivity index (χ3v) is 6.63. The van der Waals surface area contributed by atoms with Crippen LogP contribution in [0.15, 0.2) is 84.9 Å². The summed E-state index contributed by atoms with van der Waals surface area (Å²) in [6.07, 6.45) is 2.43. The summed E-state index contributed by atoms with van der Waals surface area (Å²) in [5, 5.41) is 0. The highest BCUT2D eigenvalue weighted by molar-refractivity contribution is 8.02. The molecule has 0 atom stereocenters. The van der Waals surface area contributed by atoms with Gasteiger partial charge in [-0.25, -0.2) is 0 Å². The fourth-order valence-electron chi connectivity index (χ4n) is 2.90. The van der Waals surface area contributed by atoms with Crippen LogP contribution in [-0.4, -0.2) is 17.3 Å². The van der Waals surface area contributed by atoms with Gasteiger partial charge in [-0.15, -0.1) is 0 Å². The molecule has 134 valence electrons. The molecule has 2 heteroatoms. The first-order chi connectivity index (χ1) is 12.9. The van der Waals surface area contributed by atoms with E-state index in [1.807, 2.05) is 11.8 Å². The molecule has 0 aliphatic heterocycles. The van der Waals surface area contributed by atoms with E-state index < -0.39 is 0 Å². The van der Waals surface area contributed by atoms with E-state index in [-0.39, 0.29) is 0 Å². The zero-order valence-corrected chi connectivity index (χ0v) is 16.8. The van der Waals surface area contributed by atoms with E-state index in [1.54, 1.807) is 0 Å². The second-order valence-electron chi connectivity index (χ2n) is 6.32. The summed E-state index contributed by atoms with van der Waals surface area (Å²) >= 11 is 4.13. The van der Waals surface area contributed by atoms with Gasteiger partial charge in [0.15, 0.2) is 0 Å². The lowest BCUT2D eigenvalue weighted by Crippen LogP contribution is -1.92. The maximum atomic E-state index is 2.34. The predicted octanol–water partition coefficient (Wildman–Crippen LogP) is 6.95. The summed E-state index contributed by atoms with van der Waals surface area (Å²) in [7, 11) is 0. The summed E-state index contributed by atoms with van der Waals surface area (Å²) in [6.45, 7) is 0. The minimum absolute atomic E-state index is 1.13. The van der Waals surface area contributed by atoms with Crippen molar-refractivity contribution in [2.45, 2.75) is 18.6 Å². The highest BCUT2D eigenvalue weighted by Gasteiger charge is 2.00. The molecule has 0 aliphatic carbocycles. The largest absolute Gasteiger partial charge is 0.161 e. The van der Waals surface area contributed by atoms with Crippen molar-refractivity contribution in [3.63, 3.8) is 0 Å². The monoisotopic (exact) mass is 378 g/mol. The second-order valence-corrected chi connectivity index (χ2v) is 8.65. The molecular formula is C24H26S2. The number of rotatable bonds is 10. The molecule has 0 N–H and O–H groups in total. The maximum Gasteiger partial charge on any atom is 0.0184 e. The number of aryl methyl sites for hydroxylation is 1. The van der Waals surface area contributed by atoms with Crippen LogP contribution in [0.2, 0.25) is 0 Å². The van der Waals surface area contributed by atoms with E-state index in [0.717, 1.165) is 5.75 Å². The van der Waals surface area contributed by atoms with Crippen LogP contribution >= 0.6 is 23.5 Å². The molecule has 0 bridgehead atoms. The predicted molar refractivity (Wildman–Crippen MR) is 120 cm³/mol. The van der Waals surface area contributed by atoms with Crippen LogP contribution < -0.4 is 0 Å². The standard InChI is InChI=1S/C24H26S2/c1-3-9-22(10-4-1)20-26-18-17-25-16-8-12-21-11-7-15-24(19-21)23-13-5-2-6-14-23/h1-7,9-11,13-15,19H,8,12,16-18,20H2. The first kappa shape index (κ1) is 19.1. The second kappa shape index (κ2) is 11.2. The highest BCUT2D eigenvalue weighted by atomic mass is 32.2. The van der Waals surface area contributed by atoms with E-state index in [0.29, 0.717) is 0 Å². The molecule has 0 saturated carbocycles. The Kier molecular flexibility index (Phi) is 8.21. The first-order valence-electron chi connectivity index (χ1n) is 9.25. The normalized spacial score (nSPS) is 10.8. The van der Waals surface area contributed by atoms with Crippen LogP contribution in [0.3, 0.4) is 0 Å². The zero-order chi connectivity index (χ0) is 17.9. The van der Waals surface area contributed by atoms with Crippen molar-refractivity contribution in [2.24, 2.45) is 0 Å². The van der Waals surface area contributed by atoms with Gasteiger partial charge in [0.1, 0.15) is 0 Å². The number of hydrogen-bond donors (Lipinski definition) is 0. The average Bonchev–Trinajstić information content (AvgIpc) is 2.72. The third kappa shape index (κ3) is 6.59. The van der Waals surface area contributed by atoms with Gasteiger partial charge in [-0.3, -0.25) is 0 Å². The lowest BCUT2D eigenvalue weighted by atomic mass is 10.0. The molecule has 26 heavy (non-hydrogen) atoms. The van der Waals surface area contributed by atoms with E-state index in [2.05, 4.69) is 96.7 Å². The fourth-order valence-corrected chi connectivity index (χ4v) is 4.97. The minimum atomic E-state index is 1.13. The smallest absolute Gasteiger partial charge is 0.0184 e. The Labute approximate surface area is 166 Å². The quantitative estimate of drug-likeness (QED) is 0.350. The lowest BCUT2D eigenvalue weighted by Gasteiger charge is -2.06. The van der Waals surface area contributed by atoms with Crippen LogP contribution in [0.4, 0.5) is 0 Å². The highest BCUT2D eigenvalue weighted by Crippen LogP contribution is 2.21. The summed E-state index contributed by atoms with van der Waals surface area (Å²) in [5.41, 5.74) is 5.51. The summed E-state index contributed by atoms with van der Waals surface area (Å²) in [4.78, 5) is 0. The Morgan fingerprint density at radius 1 is 0.538 bits per heavy atom. The van der Waals surface area contributed by atoms with Gasteiger partial charge >= 0.3 is 0 Å². The van der Waals surface area contributed by atoms with E-state index >= 15 is 0 Å². The molecule has 3 aromatic rings. The van der Waals surface area contributed by atoms with Crippen molar-refractivity contribution < 1.29 is 0 Å². The molecule has 0 radical (unpaired) electrons. The Morgan fingerprint density at radius 2 is 1.19 bits per heavy atom. The van der Waals surface area contributed by atoms with Gasteiger partial charge in [0.05, 0.1) is 0 Å².